The minimum atomic E-state index is -0.0683. The largest absolute Gasteiger partial charge is 0.348 e. The van der Waals surface area contributed by atoms with Gasteiger partial charge in [-0.25, -0.2) is 0 Å². The lowest BCUT2D eigenvalue weighted by molar-refractivity contribution is -0.710. The van der Waals surface area contributed by atoms with Gasteiger partial charge in [-0.2, -0.15) is 0 Å². The van der Waals surface area contributed by atoms with E-state index >= 15 is 0 Å². The van der Waals surface area contributed by atoms with Crippen molar-refractivity contribution in [3.05, 3.63) is 34.9 Å². The van der Waals surface area contributed by atoms with Gasteiger partial charge in [0.1, 0.15) is 6.04 Å². The van der Waals surface area contributed by atoms with E-state index in [0.717, 1.165) is 17.9 Å². The Labute approximate surface area is 126 Å². The fourth-order valence-corrected chi connectivity index (χ4v) is 2.93. The monoisotopic (exact) mass is 295 g/mol. The van der Waals surface area contributed by atoms with Crippen molar-refractivity contribution in [2.75, 3.05) is 0 Å². The van der Waals surface area contributed by atoms with Crippen LogP contribution in [0.25, 0.3) is 0 Å². The number of amides is 1. The van der Waals surface area contributed by atoms with Crippen molar-refractivity contribution in [1.82, 2.24) is 5.32 Å². The second-order valence-corrected chi connectivity index (χ2v) is 6.25. The van der Waals surface area contributed by atoms with Crippen LogP contribution in [0.1, 0.15) is 51.1 Å². The summed E-state index contributed by atoms with van der Waals surface area (Å²) in [6.07, 6.45) is 4.74. The van der Waals surface area contributed by atoms with Crippen LogP contribution in [-0.2, 0) is 4.79 Å². The lowest BCUT2D eigenvalue weighted by Gasteiger charge is -2.19. The van der Waals surface area contributed by atoms with E-state index < -0.39 is 0 Å². The van der Waals surface area contributed by atoms with Crippen molar-refractivity contribution in [1.29, 1.82) is 0 Å². The molecule has 20 heavy (non-hydrogen) atoms. The molecule has 110 valence electrons. The predicted molar refractivity (Wildman–Crippen MR) is 81.7 cm³/mol. The fraction of sp³-hybridized carbons (Fsp3) is 0.562. The van der Waals surface area contributed by atoms with E-state index in [-0.39, 0.29) is 18.0 Å². The summed E-state index contributed by atoms with van der Waals surface area (Å²) in [5.74, 6) is 0.151. The zero-order valence-electron chi connectivity index (χ0n) is 12.2. The van der Waals surface area contributed by atoms with Gasteiger partial charge in [0, 0.05) is 16.6 Å². The number of quaternary nitrogens is 1. The molecule has 0 bridgehead atoms. The summed E-state index contributed by atoms with van der Waals surface area (Å²) >= 11 is 5.89. The van der Waals surface area contributed by atoms with Crippen molar-refractivity contribution in [3.63, 3.8) is 0 Å². The Bertz CT molecular complexity index is 440. The number of halogens is 1. The van der Waals surface area contributed by atoms with E-state index in [1.54, 1.807) is 0 Å². The lowest BCUT2D eigenvalue weighted by Crippen LogP contribution is -2.92. The third kappa shape index (κ3) is 4.22. The molecule has 1 aliphatic rings. The standard InChI is InChI=1S/C16H23ClN2O/c1-11(13-7-9-14(17)10-8-13)18-12(2)16(20)19-15-5-3-4-6-15/h7-12,15,18H,3-6H2,1-2H3,(H,19,20)/p+1/t11-,12+/m1/s1. The van der Waals surface area contributed by atoms with Gasteiger partial charge in [-0.15, -0.1) is 0 Å². The summed E-state index contributed by atoms with van der Waals surface area (Å²) in [4.78, 5) is 12.2. The van der Waals surface area contributed by atoms with Gasteiger partial charge in [0.15, 0.2) is 6.04 Å². The van der Waals surface area contributed by atoms with Gasteiger partial charge in [-0.3, -0.25) is 4.79 Å². The summed E-state index contributed by atoms with van der Waals surface area (Å²) < 4.78 is 0. The molecule has 0 aromatic heterocycles. The molecule has 1 saturated carbocycles. The SMILES string of the molecule is C[C@H]([NH2+][C@H](C)c1ccc(Cl)cc1)C(=O)NC1CCCC1. The first-order valence-corrected chi connectivity index (χ1v) is 7.85. The smallest absolute Gasteiger partial charge is 0.278 e. The van der Waals surface area contributed by atoms with Crippen LogP contribution in [0, 0.1) is 0 Å². The third-order valence-electron chi connectivity index (χ3n) is 4.09. The Hall–Kier alpha value is -1.06. The van der Waals surface area contributed by atoms with Crippen LogP contribution in [0.2, 0.25) is 5.02 Å². The molecule has 1 aliphatic carbocycles. The fourth-order valence-electron chi connectivity index (χ4n) is 2.80. The molecule has 1 aromatic carbocycles. The summed E-state index contributed by atoms with van der Waals surface area (Å²) in [5, 5.41) is 6.00. The maximum atomic E-state index is 12.2. The average molecular weight is 296 g/mol. The highest BCUT2D eigenvalue weighted by atomic mass is 35.5. The number of nitrogens with one attached hydrogen (secondary N) is 1. The molecule has 3 nitrogen and oxygen atoms in total. The molecule has 0 spiro atoms. The normalized spacial score (nSPS) is 18.8. The van der Waals surface area contributed by atoms with Gasteiger partial charge in [-0.1, -0.05) is 36.6 Å². The summed E-state index contributed by atoms with van der Waals surface area (Å²) in [6.45, 7) is 4.08. The summed E-state index contributed by atoms with van der Waals surface area (Å²) in [6, 6.07) is 8.40. The van der Waals surface area contributed by atoms with Crippen LogP contribution in [0.5, 0.6) is 0 Å². The van der Waals surface area contributed by atoms with Crippen LogP contribution in [0.4, 0.5) is 0 Å². The molecular weight excluding hydrogens is 272 g/mol. The quantitative estimate of drug-likeness (QED) is 0.861. The molecule has 0 saturated heterocycles. The molecule has 1 aromatic rings. The minimum Gasteiger partial charge on any atom is -0.348 e. The zero-order valence-corrected chi connectivity index (χ0v) is 13.0. The molecule has 1 amide bonds. The number of rotatable bonds is 5. The van der Waals surface area contributed by atoms with Gasteiger partial charge >= 0.3 is 0 Å². The number of nitrogens with two attached hydrogens (primary N) is 1. The summed E-state index contributed by atoms with van der Waals surface area (Å²) in [5.41, 5.74) is 1.19. The number of hydrogen-bond donors (Lipinski definition) is 2. The minimum absolute atomic E-state index is 0.0683. The average Bonchev–Trinajstić information content (AvgIpc) is 2.92. The highest BCUT2D eigenvalue weighted by Gasteiger charge is 2.24. The van der Waals surface area contributed by atoms with Crippen LogP contribution >= 0.6 is 11.6 Å². The Morgan fingerprint density at radius 3 is 2.45 bits per heavy atom. The van der Waals surface area contributed by atoms with Gasteiger partial charge < -0.3 is 10.6 Å². The first kappa shape index (κ1) is 15.3. The van der Waals surface area contributed by atoms with Crippen molar-refractivity contribution >= 4 is 17.5 Å². The number of hydrogen-bond acceptors (Lipinski definition) is 1. The molecule has 3 N–H and O–H groups in total. The van der Waals surface area contributed by atoms with Crippen molar-refractivity contribution in [3.8, 4) is 0 Å². The third-order valence-corrected chi connectivity index (χ3v) is 4.34. The van der Waals surface area contributed by atoms with Crippen molar-refractivity contribution in [2.45, 2.75) is 57.7 Å². The van der Waals surface area contributed by atoms with Gasteiger partial charge in [0.05, 0.1) is 0 Å². The summed E-state index contributed by atoms with van der Waals surface area (Å²) in [7, 11) is 0. The molecule has 0 unspecified atom stereocenters. The molecule has 2 atom stereocenters. The number of benzene rings is 1. The van der Waals surface area contributed by atoms with Crippen molar-refractivity contribution < 1.29 is 10.1 Å². The molecule has 0 aliphatic heterocycles. The van der Waals surface area contributed by atoms with E-state index in [2.05, 4.69) is 17.6 Å². The molecule has 2 rings (SSSR count). The van der Waals surface area contributed by atoms with E-state index in [1.807, 2.05) is 31.2 Å². The van der Waals surface area contributed by atoms with Crippen LogP contribution < -0.4 is 10.6 Å². The van der Waals surface area contributed by atoms with Gasteiger partial charge in [-0.05, 0) is 38.8 Å². The van der Waals surface area contributed by atoms with E-state index in [9.17, 15) is 4.79 Å². The highest BCUT2D eigenvalue weighted by molar-refractivity contribution is 6.30. The number of carbonyl (C=O) groups is 1. The van der Waals surface area contributed by atoms with Crippen LogP contribution in [-0.4, -0.2) is 18.0 Å². The molecule has 0 heterocycles. The van der Waals surface area contributed by atoms with Crippen LogP contribution in [0.3, 0.4) is 0 Å². The second-order valence-electron chi connectivity index (χ2n) is 5.81. The van der Waals surface area contributed by atoms with Crippen LogP contribution in [0.15, 0.2) is 24.3 Å². The molecule has 4 heteroatoms. The van der Waals surface area contributed by atoms with Crippen molar-refractivity contribution in [2.24, 2.45) is 0 Å². The van der Waals surface area contributed by atoms with Gasteiger partial charge in [0.25, 0.3) is 5.91 Å². The highest BCUT2D eigenvalue weighted by Crippen LogP contribution is 2.17. The van der Waals surface area contributed by atoms with E-state index in [1.165, 1.54) is 18.4 Å². The lowest BCUT2D eigenvalue weighted by atomic mass is 10.1. The Balaban J connectivity index is 1.84. The second kappa shape index (κ2) is 7.09. The molecular formula is C16H24ClN2O+. The Kier molecular flexibility index (Phi) is 5.44. The topological polar surface area (TPSA) is 45.7 Å². The predicted octanol–water partition coefficient (Wildman–Crippen LogP) is 2.41. The molecule has 1 fully saturated rings. The Morgan fingerprint density at radius 2 is 1.85 bits per heavy atom. The zero-order chi connectivity index (χ0) is 14.5. The van der Waals surface area contributed by atoms with Gasteiger partial charge in [0.2, 0.25) is 0 Å². The first-order chi connectivity index (χ1) is 9.56. The maximum Gasteiger partial charge on any atom is 0.278 e. The maximum absolute atomic E-state index is 12.2. The first-order valence-electron chi connectivity index (χ1n) is 7.47. The van der Waals surface area contributed by atoms with E-state index in [4.69, 9.17) is 11.6 Å². The molecule has 0 radical (unpaired) electrons. The Morgan fingerprint density at radius 1 is 1.25 bits per heavy atom. The number of carbonyl (C=O) groups excluding carboxylic acids is 1. The van der Waals surface area contributed by atoms with E-state index in [0.29, 0.717) is 6.04 Å².